The number of benzene rings is 2. The van der Waals surface area contributed by atoms with Gasteiger partial charge in [-0.15, -0.1) is 0 Å². The molecule has 0 radical (unpaired) electrons. The smallest absolute Gasteiger partial charge is 0.123 e. The zero-order valence-electron chi connectivity index (χ0n) is 12.4. The summed E-state index contributed by atoms with van der Waals surface area (Å²) in [5, 5.41) is 0. The quantitative estimate of drug-likeness (QED) is 0.892. The van der Waals surface area contributed by atoms with Gasteiger partial charge in [0.05, 0.1) is 7.11 Å². The van der Waals surface area contributed by atoms with E-state index < -0.39 is 10.8 Å². The van der Waals surface area contributed by atoms with Crippen LogP contribution in [0.15, 0.2) is 48.5 Å². The topological polar surface area (TPSA) is 52.3 Å². The number of aryl methyl sites for hydroxylation is 1. The van der Waals surface area contributed by atoms with Crippen molar-refractivity contribution in [2.45, 2.75) is 18.7 Å². The van der Waals surface area contributed by atoms with Crippen molar-refractivity contribution in [3.05, 3.63) is 65.2 Å². The molecule has 0 spiro atoms. The second-order valence-corrected chi connectivity index (χ2v) is 6.59. The van der Waals surface area contributed by atoms with E-state index in [1.54, 1.807) is 7.11 Å². The SMILES string of the molecule is COc1ccc(C)cc1C(N)CS(=O)Cc1ccccc1. The van der Waals surface area contributed by atoms with Crippen LogP contribution in [0.1, 0.15) is 22.7 Å². The Labute approximate surface area is 128 Å². The van der Waals surface area contributed by atoms with E-state index in [-0.39, 0.29) is 6.04 Å². The molecule has 0 aliphatic heterocycles. The first kappa shape index (κ1) is 15.7. The summed E-state index contributed by atoms with van der Waals surface area (Å²) in [6, 6.07) is 15.4. The van der Waals surface area contributed by atoms with Gasteiger partial charge in [0.15, 0.2) is 0 Å². The molecule has 0 fully saturated rings. The summed E-state index contributed by atoms with van der Waals surface area (Å²) in [4.78, 5) is 0. The highest BCUT2D eigenvalue weighted by atomic mass is 32.2. The van der Waals surface area contributed by atoms with E-state index in [0.717, 1.165) is 22.4 Å². The molecule has 4 heteroatoms. The number of nitrogens with two attached hydrogens (primary N) is 1. The van der Waals surface area contributed by atoms with Crippen molar-refractivity contribution in [2.24, 2.45) is 5.73 Å². The van der Waals surface area contributed by atoms with Gasteiger partial charge in [-0.05, 0) is 18.6 Å². The van der Waals surface area contributed by atoms with E-state index in [4.69, 9.17) is 10.5 Å². The van der Waals surface area contributed by atoms with Crippen molar-refractivity contribution in [3.8, 4) is 5.75 Å². The van der Waals surface area contributed by atoms with Crippen molar-refractivity contribution in [2.75, 3.05) is 12.9 Å². The van der Waals surface area contributed by atoms with Gasteiger partial charge in [-0.3, -0.25) is 4.21 Å². The molecule has 0 aliphatic rings. The third-order valence-electron chi connectivity index (χ3n) is 3.32. The van der Waals surface area contributed by atoms with E-state index in [1.165, 1.54) is 0 Å². The van der Waals surface area contributed by atoms with Crippen LogP contribution in [0.5, 0.6) is 5.75 Å². The minimum Gasteiger partial charge on any atom is -0.496 e. The van der Waals surface area contributed by atoms with Crippen molar-refractivity contribution >= 4 is 10.8 Å². The van der Waals surface area contributed by atoms with Crippen molar-refractivity contribution in [3.63, 3.8) is 0 Å². The average molecular weight is 303 g/mol. The standard InChI is InChI=1S/C17H21NO2S/c1-13-8-9-17(20-2)15(10-13)16(18)12-21(19)11-14-6-4-3-5-7-14/h3-10,16H,11-12,18H2,1-2H3. The highest BCUT2D eigenvalue weighted by Gasteiger charge is 2.15. The predicted molar refractivity (Wildman–Crippen MR) is 87.8 cm³/mol. The van der Waals surface area contributed by atoms with Gasteiger partial charge in [-0.1, -0.05) is 48.0 Å². The molecule has 0 bridgehead atoms. The lowest BCUT2D eigenvalue weighted by molar-refractivity contribution is 0.407. The lowest BCUT2D eigenvalue weighted by Gasteiger charge is -2.16. The average Bonchev–Trinajstić information content (AvgIpc) is 2.48. The molecule has 0 amide bonds. The van der Waals surface area contributed by atoms with E-state index in [0.29, 0.717) is 11.5 Å². The summed E-state index contributed by atoms with van der Waals surface area (Å²) in [6.07, 6.45) is 0. The van der Waals surface area contributed by atoms with Crippen LogP contribution in [-0.2, 0) is 16.6 Å². The lowest BCUT2D eigenvalue weighted by atomic mass is 10.1. The first-order valence-corrected chi connectivity index (χ1v) is 8.38. The molecule has 2 N–H and O–H groups in total. The Hall–Kier alpha value is -1.65. The molecule has 0 saturated carbocycles. The summed E-state index contributed by atoms with van der Waals surface area (Å²) < 4.78 is 17.6. The van der Waals surface area contributed by atoms with E-state index in [1.807, 2.05) is 55.5 Å². The Morgan fingerprint density at radius 2 is 1.90 bits per heavy atom. The second-order valence-electron chi connectivity index (χ2n) is 5.09. The van der Waals surface area contributed by atoms with Crippen LogP contribution in [0.4, 0.5) is 0 Å². The molecule has 0 aliphatic carbocycles. The predicted octanol–water partition coefficient (Wildman–Crippen LogP) is 2.95. The van der Waals surface area contributed by atoms with E-state index in [9.17, 15) is 4.21 Å². The van der Waals surface area contributed by atoms with Crippen LogP contribution in [-0.4, -0.2) is 17.1 Å². The summed E-state index contributed by atoms with van der Waals surface area (Å²) in [5.74, 6) is 1.71. The van der Waals surface area contributed by atoms with Gasteiger partial charge in [0.2, 0.25) is 0 Å². The molecule has 0 aromatic heterocycles. The third-order valence-corrected chi connectivity index (χ3v) is 4.71. The number of hydrogen-bond acceptors (Lipinski definition) is 3. The van der Waals surface area contributed by atoms with Crippen LogP contribution < -0.4 is 10.5 Å². The molecule has 3 nitrogen and oxygen atoms in total. The molecule has 2 atom stereocenters. The fraction of sp³-hybridized carbons (Fsp3) is 0.294. The maximum atomic E-state index is 12.3. The Bertz CT molecular complexity index is 613. The number of methoxy groups -OCH3 is 1. The minimum atomic E-state index is -0.999. The molecule has 0 saturated heterocycles. The third kappa shape index (κ3) is 4.41. The Morgan fingerprint density at radius 1 is 1.19 bits per heavy atom. The molecule has 112 valence electrons. The van der Waals surface area contributed by atoms with Crippen LogP contribution in [0.2, 0.25) is 0 Å². The van der Waals surface area contributed by atoms with Gasteiger partial charge in [-0.25, -0.2) is 0 Å². The largest absolute Gasteiger partial charge is 0.496 e. The Balaban J connectivity index is 2.05. The number of rotatable bonds is 6. The Kier molecular flexibility index (Phi) is 5.53. The van der Waals surface area contributed by atoms with Crippen LogP contribution in [0, 0.1) is 6.92 Å². The van der Waals surface area contributed by atoms with Crippen molar-refractivity contribution in [1.29, 1.82) is 0 Å². The molecular formula is C17H21NO2S. The van der Waals surface area contributed by atoms with Crippen molar-refractivity contribution < 1.29 is 8.95 Å². The van der Waals surface area contributed by atoms with Gasteiger partial charge in [0.1, 0.15) is 5.75 Å². The molecule has 2 rings (SSSR count). The fourth-order valence-corrected chi connectivity index (χ4v) is 3.51. The van der Waals surface area contributed by atoms with Crippen molar-refractivity contribution in [1.82, 2.24) is 0 Å². The number of hydrogen-bond donors (Lipinski definition) is 1. The molecule has 2 aromatic carbocycles. The summed E-state index contributed by atoms with van der Waals surface area (Å²) in [5.41, 5.74) is 9.33. The molecular weight excluding hydrogens is 282 g/mol. The monoisotopic (exact) mass is 303 g/mol. The van der Waals surface area contributed by atoms with Gasteiger partial charge < -0.3 is 10.5 Å². The highest BCUT2D eigenvalue weighted by Crippen LogP contribution is 2.25. The molecule has 21 heavy (non-hydrogen) atoms. The van der Waals surface area contributed by atoms with Gasteiger partial charge >= 0.3 is 0 Å². The zero-order valence-corrected chi connectivity index (χ0v) is 13.2. The maximum Gasteiger partial charge on any atom is 0.123 e. The second kappa shape index (κ2) is 7.38. The minimum absolute atomic E-state index is 0.288. The van der Waals surface area contributed by atoms with E-state index in [2.05, 4.69) is 0 Å². The lowest BCUT2D eigenvalue weighted by Crippen LogP contribution is -2.20. The van der Waals surface area contributed by atoms with Crippen LogP contribution >= 0.6 is 0 Å². The van der Waals surface area contributed by atoms with Gasteiger partial charge in [0, 0.05) is 33.9 Å². The summed E-state index contributed by atoms with van der Waals surface area (Å²) in [6.45, 7) is 2.01. The van der Waals surface area contributed by atoms with E-state index >= 15 is 0 Å². The van der Waals surface area contributed by atoms with Crippen LogP contribution in [0.25, 0.3) is 0 Å². The molecule has 2 aromatic rings. The first-order chi connectivity index (χ1) is 10.1. The molecule has 0 heterocycles. The first-order valence-electron chi connectivity index (χ1n) is 6.89. The normalized spacial score (nSPS) is 13.7. The zero-order chi connectivity index (χ0) is 15.2. The Morgan fingerprint density at radius 3 is 2.57 bits per heavy atom. The highest BCUT2D eigenvalue weighted by molar-refractivity contribution is 7.84. The van der Waals surface area contributed by atoms with Crippen LogP contribution in [0.3, 0.4) is 0 Å². The maximum absolute atomic E-state index is 12.3. The van der Waals surface area contributed by atoms with Gasteiger partial charge in [0.25, 0.3) is 0 Å². The molecule has 2 unspecified atom stereocenters. The summed E-state index contributed by atoms with van der Waals surface area (Å²) >= 11 is 0. The summed E-state index contributed by atoms with van der Waals surface area (Å²) in [7, 11) is 0.628. The number of ether oxygens (including phenoxy) is 1. The fourth-order valence-electron chi connectivity index (χ4n) is 2.25. The van der Waals surface area contributed by atoms with Gasteiger partial charge in [-0.2, -0.15) is 0 Å².